The molecule has 0 unspecified atom stereocenters. The SMILES string of the molecule is Cc1c(Cl)cccc1NC(=O)COC(=O)C1(c2ccccc2)CC1. The van der Waals surface area contributed by atoms with Crippen LogP contribution in [-0.2, 0) is 19.7 Å². The second-order valence-corrected chi connectivity index (χ2v) is 6.39. The number of anilines is 1. The number of carbonyl (C=O) groups is 2. The first-order valence-corrected chi connectivity index (χ1v) is 8.18. The van der Waals surface area contributed by atoms with Gasteiger partial charge in [0.2, 0.25) is 0 Å². The highest BCUT2D eigenvalue weighted by molar-refractivity contribution is 6.31. The van der Waals surface area contributed by atoms with Crippen LogP contribution in [0.1, 0.15) is 24.0 Å². The van der Waals surface area contributed by atoms with Crippen LogP contribution in [-0.4, -0.2) is 18.5 Å². The van der Waals surface area contributed by atoms with Crippen LogP contribution < -0.4 is 5.32 Å². The fourth-order valence-electron chi connectivity index (χ4n) is 2.69. The third kappa shape index (κ3) is 3.29. The van der Waals surface area contributed by atoms with Gasteiger partial charge in [-0.2, -0.15) is 0 Å². The maximum absolute atomic E-state index is 12.4. The van der Waals surface area contributed by atoms with Crippen LogP contribution >= 0.6 is 11.6 Å². The number of esters is 1. The van der Waals surface area contributed by atoms with Gasteiger partial charge in [-0.15, -0.1) is 0 Å². The molecule has 0 aliphatic heterocycles. The lowest BCUT2D eigenvalue weighted by molar-refractivity contribution is -0.150. The number of nitrogens with one attached hydrogen (secondary N) is 1. The van der Waals surface area contributed by atoms with Crippen molar-refractivity contribution in [3.8, 4) is 0 Å². The Bertz CT molecular complexity index is 769. The highest BCUT2D eigenvalue weighted by atomic mass is 35.5. The van der Waals surface area contributed by atoms with Gasteiger partial charge in [0.25, 0.3) is 5.91 Å². The maximum Gasteiger partial charge on any atom is 0.317 e. The summed E-state index contributed by atoms with van der Waals surface area (Å²) in [5, 5.41) is 3.29. The molecule has 0 bridgehead atoms. The summed E-state index contributed by atoms with van der Waals surface area (Å²) >= 11 is 6.02. The summed E-state index contributed by atoms with van der Waals surface area (Å²) in [7, 11) is 0. The molecule has 5 heteroatoms. The largest absolute Gasteiger partial charge is 0.455 e. The van der Waals surface area contributed by atoms with Gasteiger partial charge in [-0.25, -0.2) is 0 Å². The first-order valence-electron chi connectivity index (χ1n) is 7.81. The van der Waals surface area contributed by atoms with E-state index in [0.717, 1.165) is 24.0 Å². The number of amides is 1. The van der Waals surface area contributed by atoms with Gasteiger partial charge in [-0.1, -0.05) is 48.0 Å². The van der Waals surface area contributed by atoms with E-state index in [1.165, 1.54) is 0 Å². The fraction of sp³-hybridized carbons (Fsp3) is 0.263. The van der Waals surface area contributed by atoms with E-state index in [9.17, 15) is 9.59 Å². The second-order valence-electron chi connectivity index (χ2n) is 5.98. The molecule has 0 radical (unpaired) electrons. The minimum atomic E-state index is -0.576. The minimum Gasteiger partial charge on any atom is -0.455 e. The molecule has 0 aromatic heterocycles. The van der Waals surface area contributed by atoms with Crippen LogP contribution in [0.5, 0.6) is 0 Å². The average molecular weight is 344 g/mol. The molecule has 24 heavy (non-hydrogen) atoms. The van der Waals surface area contributed by atoms with Crippen molar-refractivity contribution in [2.24, 2.45) is 0 Å². The van der Waals surface area contributed by atoms with Crippen molar-refractivity contribution in [3.05, 3.63) is 64.7 Å². The van der Waals surface area contributed by atoms with Gasteiger partial charge >= 0.3 is 5.97 Å². The van der Waals surface area contributed by atoms with Crippen molar-refractivity contribution in [2.45, 2.75) is 25.2 Å². The number of hydrogen-bond acceptors (Lipinski definition) is 3. The molecule has 0 spiro atoms. The molecule has 0 atom stereocenters. The van der Waals surface area contributed by atoms with Crippen LogP contribution in [0.4, 0.5) is 5.69 Å². The third-order valence-electron chi connectivity index (χ3n) is 4.34. The van der Waals surface area contributed by atoms with Crippen molar-refractivity contribution in [3.63, 3.8) is 0 Å². The molecular weight excluding hydrogens is 326 g/mol. The van der Waals surface area contributed by atoms with Gasteiger partial charge < -0.3 is 10.1 Å². The van der Waals surface area contributed by atoms with Crippen molar-refractivity contribution in [1.82, 2.24) is 0 Å². The molecule has 3 rings (SSSR count). The van der Waals surface area contributed by atoms with E-state index in [1.54, 1.807) is 18.2 Å². The molecule has 2 aromatic rings. The lowest BCUT2D eigenvalue weighted by Gasteiger charge is -2.15. The normalized spacial score (nSPS) is 14.8. The van der Waals surface area contributed by atoms with Crippen molar-refractivity contribution >= 4 is 29.2 Å². The molecule has 2 aromatic carbocycles. The zero-order valence-corrected chi connectivity index (χ0v) is 14.1. The van der Waals surface area contributed by atoms with Crippen molar-refractivity contribution in [2.75, 3.05) is 11.9 Å². The van der Waals surface area contributed by atoms with Crippen molar-refractivity contribution in [1.29, 1.82) is 0 Å². The molecule has 1 aliphatic carbocycles. The zero-order chi connectivity index (χ0) is 17.2. The monoisotopic (exact) mass is 343 g/mol. The zero-order valence-electron chi connectivity index (χ0n) is 13.3. The molecule has 1 amide bonds. The first kappa shape index (κ1) is 16.5. The smallest absolute Gasteiger partial charge is 0.317 e. The van der Waals surface area contributed by atoms with Gasteiger partial charge in [0.1, 0.15) is 0 Å². The van der Waals surface area contributed by atoms with E-state index in [1.807, 2.05) is 37.3 Å². The lowest BCUT2D eigenvalue weighted by Crippen LogP contribution is -2.28. The van der Waals surface area contributed by atoms with Gasteiger partial charge in [-0.05, 0) is 43.0 Å². The Morgan fingerprint density at radius 3 is 2.50 bits per heavy atom. The fourth-order valence-corrected chi connectivity index (χ4v) is 2.87. The summed E-state index contributed by atoms with van der Waals surface area (Å²) in [5.41, 5.74) is 1.77. The van der Waals surface area contributed by atoms with Crippen LogP contribution in [0.25, 0.3) is 0 Å². The number of rotatable bonds is 5. The van der Waals surface area contributed by atoms with E-state index in [4.69, 9.17) is 16.3 Å². The molecule has 124 valence electrons. The third-order valence-corrected chi connectivity index (χ3v) is 4.75. The molecule has 0 saturated heterocycles. The van der Waals surface area contributed by atoms with E-state index in [2.05, 4.69) is 5.32 Å². The number of hydrogen-bond donors (Lipinski definition) is 1. The highest BCUT2D eigenvalue weighted by Gasteiger charge is 2.52. The molecule has 1 fully saturated rings. The first-order chi connectivity index (χ1) is 11.5. The van der Waals surface area contributed by atoms with E-state index in [0.29, 0.717) is 10.7 Å². The predicted molar refractivity (Wildman–Crippen MR) is 93.1 cm³/mol. The number of halogens is 1. The summed E-state index contributed by atoms with van der Waals surface area (Å²) in [6.07, 6.45) is 1.51. The van der Waals surface area contributed by atoms with Crippen LogP contribution in [0.15, 0.2) is 48.5 Å². The standard InChI is InChI=1S/C19H18ClNO3/c1-13-15(20)8-5-9-16(13)21-17(22)12-24-18(23)19(10-11-19)14-6-3-2-4-7-14/h2-9H,10-12H2,1H3,(H,21,22). The Morgan fingerprint density at radius 1 is 1.12 bits per heavy atom. The number of ether oxygens (including phenoxy) is 1. The van der Waals surface area contributed by atoms with E-state index < -0.39 is 5.41 Å². The van der Waals surface area contributed by atoms with Crippen LogP contribution in [0.2, 0.25) is 5.02 Å². The van der Waals surface area contributed by atoms with Crippen molar-refractivity contribution < 1.29 is 14.3 Å². The van der Waals surface area contributed by atoms with Gasteiger partial charge in [0.15, 0.2) is 6.61 Å². The van der Waals surface area contributed by atoms with E-state index >= 15 is 0 Å². The second kappa shape index (κ2) is 6.65. The molecular formula is C19H18ClNO3. The van der Waals surface area contributed by atoms with Crippen LogP contribution in [0.3, 0.4) is 0 Å². The molecule has 0 heterocycles. The lowest BCUT2D eigenvalue weighted by atomic mass is 9.96. The summed E-state index contributed by atoms with van der Waals surface area (Å²) < 4.78 is 5.24. The summed E-state index contributed by atoms with van der Waals surface area (Å²) in [6, 6.07) is 14.8. The average Bonchev–Trinajstić information content (AvgIpc) is 3.40. The quantitative estimate of drug-likeness (QED) is 0.839. The van der Waals surface area contributed by atoms with Crippen LogP contribution in [0, 0.1) is 6.92 Å². The number of benzene rings is 2. The van der Waals surface area contributed by atoms with Gasteiger partial charge in [0, 0.05) is 10.7 Å². The maximum atomic E-state index is 12.4. The Labute approximate surface area is 145 Å². The summed E-state index contributed by atoms with van der Waals surface area (Å²) in [5.74, 6) is -0.718. The van der Waals surface area contributed by atoms with Gasteiger partial charge in [0.05, 0.1) is 5.41 Å². The Hall–Kier alpha value is -2.33. The highest BCUT2D eigenvalue weighted by Crippen LogP contribution is 2.49. The summed E-state index contributed by atoms with van der Waals surface area (Å²) in [6.45, 7) is 1.51. The Morgan fingerprint density at radius 2 is 1.83 bits per heavy atom. The molecule has 4 nitrogen and oxygen atoms in total. The Kier molecular flexibility index (Phi) is 4.58. The van der Waals surface area contributed by atoms with Gasteiger partial charge in [-0.3, -0.25) is 9.59 Å². The topological polar surface area (TPSA) is 55.4 Å². The Balaban J connectivity index is 1.59. The minimum absolute atomic E-state index is 0.306. The molecule has 1 N–H and O–H groups in total. The predicted octanol–water partition coefficient (Wildman–Crippen LogP) is 3.86. The molecule has 1 aliphatic rings. The molecule has 1 saturated carbocycles. The summed E-state index contributed by atoms with van der Waals surface area (Å²) in [4.78, 5) is 24.4. The number of carbonyl (C=O) groups excluding carboxylic acids is 2. The van der Waals surface area contributed by atoms with E-state index in [-0.39, 0.29) is 18.5 Å².